The summed E-state index contributed by atoms with van der Waals surface area (Å²) in [5.41, 5.74) is 3.27. The van der Waals surface area contributed by atoms with Gasteiger partial charge in [-0.3, -0.25) is 5.01 Å². The van der Waals surface area contributed by atoms with E-state index in [0.29, 0.717) is 6.79 Å². The summed E-state index contributed by atoms with van der Waals surface area (Å²) < 4.78 is 10.9. The number of nitrogens with zero attached hydrogens (tertiary/aromatic N) is 2. The molecule has 3 heterocycles. The van der Waals surface area contributed by atoms with Crippen LogP contribution in [-0.4, -0.2) is 12.5 Å². The number of rotatable bonds is 3. The van der Waals surface area contributed by atoms with Crippen LogP contribution in [0.5, 0.6) is 11.5 Å². The lowest BCUT2D eigenvalue weighted by atomic mass is 10.0. The van der Waals surface area contributed by atoms with Crippen LogP contribution in [0.3, 0.4) is 0 Å². The van der Waals surface area contributed by atoms with Gasteiger partial charge >= 0.3 is 0 Å². The molecule has 1 atom stereocenters. The van der Waals surface area contributed by atoms with E-state index in [2.05, 4.69) is 52.9 Å². The molecular weight excluding hydrogens is 332 g/mol. The van der Waals surface area contributed by atoms with Crippen molar-refractivity contribution in [3.05, 3.63) is 76.5 Å². The Labute approximate surface area is 149 Å². The summed E-state index contributed by atoms with van der Waals surface area (Å²) in [7, 11) is 0. The van der Waals surface area contributed by atoms with E-state index in [-0.39, 0.29) is 6.04 Å². The Morgan fingerprint density at radius 3 is 2.68 bits per heavy atom. The molecule has 0 aliphatic carbocycles. The standard InChI is InChI=1S/C20H16N2O2S/c1-2-5-15(6-3-1)22-17(20-7-4-10-25-20)12-16(21-22)14-8-9-18-19(11-14)24-13-23-18/h1-11,17H,12-13H2/t17-/m0/s1. The predicted octanol–water partition coefficient (Wildman–Crippen LogP) is 4.83. The number of benzene rings is 2. The summed E-state index contributed by atoms with van der Waals surface area (Å²) in [4.78, 5) is 1.32. The molecule has 0 unspecified atom stereocenters. The fourth-order valence-electron chi connectivity index (χ4n) is 3.28. The van der Waals surface area contributed by atoms with E-state index in [0.717, 1.165) is 34.9 Å². The molecule has 2 aliphatic rings. The molecule has 0 fully saturated rings. The Hall–Kier alpha value is -2.79. The Kier molecular flexibility index (Phi) is 3.45. The van der Waals surface area contributed by atoms with Gasteiger partial charge in [0.15, 0.2) is 11.5 Å². The van der Waals surface area contributed by atoms with E-state index in [1.54, 1.807) is 11.3 Å². The van der Waals surface area contributed by atoms with Gasteiger partial charge in [-0.25, -0.2) is 0 Å². The predicted molar refractivity (Wildman–Crippen MR) is 99.7 cm³/mol. The van der Waals surface area contributed by atoms with Crippen molar-refractivity contribution in [3.63, 3.8) is 0 Å². The van der Waals surface area contributed by atoms with Gasteiger partial charge in [-0.05, 0) is 41.8 Å². The molecular formula is C20H16N2O2S. The maximum absolute atomic E-state index is 5.52. The average molecular weight is 348 g/mol. The number of hydrogen-bond donors (Lipinski definition) is 0. The monoisotopic (exact) mass is 348 g/mol. The Bertz CT molecular complexity index is 922. The molecule has 4 nitrogen and oxygen atoms in total. The Balaban J connectivity index is 1.54. The topological polar surface area (TPSA) is 34.1 Å². The highest BCUT2D eigenvalue weighted by molar-refractivity contribution is 7.10. The summed E-state index contributed by atoms with van der Waals surface area (Å²) in [6.07, 6.45) is 0.870. The van der Waals surface area contributed by atoms with Gasteiger partial charge in [0.05, 0.1) is 17.4 Å². The summed E-state index contributed by atoms with van der Waals surface area (Å²) in [6.45, 7) is 0.291. The minimum absolute atomic E-state index is 0.225. The molecule has 0 saturated carbocycles. The zero-order chi connectivity index (χ0) is 16.6. The highest BCUT2D eigenvalue weighted by Gasteiger charge is 2.31. The number of anilines is 1. The minimum Gasteiger partial charge on any atom is -0.454 e. The maximum atomic E-state index is 5.52. The third-order valence-corrected chi connectivity index (χ3v) is 5.48. The largest absolute Gasteiger partial charge is 0.454 e. The molecule has 0 amide bonds. The Morgan fingerprint density at radius 1 is 0.960 bits per heavy atom. The first-order valence-corrected chi connectivity index (χ1v) is 9.12. The van der Waals surface area contributed by atoms with E-state index >= 15 is 0 Å². The van der Waals surface area contributed by atoms with Crippen LogP contribution in [0.2, 0.25) is 0 Å². The van der Waals surface area contributed by atoms with Crippen molar-refractivity contribution in [1.82, 2.24) is 0 Å². The lowest BCUT2D eigenvalue weighted by molar-refractivity contribution is 0.174. The smallest absolute Gasteiger partial charge is 0.231 e. The van der Waals surface area contributed by atoms with E-state index in [1.807, 2.05) is 18.2 Å². The summed E-state index contributed by atoms with van der Waals surface area (Å²) in [6, 6.07) is 20.9. The molecule has 0 radical (unpaired) electrons. The molecule has 1 aromatic heterocycles. The van der Waals surface area contributed by atoms with Gasteiger partial charge < -0.3 is 9.47 Å². The zero-order valence-electron chi connectivity index (χ0n) is 13.5. The van der Waals surface area contributed by atoms with E-state index in [4.69, 9.17) is 14.6 Å². The molecule has 2 aliphatic heterocycles. The highest BCUT2D eigenvalue weighted by Crippen LogP contribution is 2.40. The van der Waals surface area contributed by atoms with Crippen LogP contribution in [0.4, 0.5) is 5.69 Å². The minimum atomic E-state index is 0.225. The molecule has 0 saturated heterocycles. The molecule has 5 heteroatoms. The highest BCUT2D eigenvalue weighted by atomic mass is 32.1. The van der Waals surface area contributed by atoms with E-state index in [1.165, 1.54) is 4.88 Å². The van der Waals surface area contributed by atoms with Gasteiger partial charge in [0.2, 0.25) is 6.79 Å². The van der Waals surface area contributed by atoms with Crippen LogP contribution in [0.15, 0.2) is 71.1 Å². The van der Waals surface area contributed by atoms with Crippen LogP contribution >= 0.6 is 11.3 Å². The molecule has 2 aromatic carbocycles. The number of hydrogen-bond acceptors (Lipinski definition) is 5. The first-order chi connectivity index (χ1) is 12.4. The van der Waals surface area contributed by atoms with Crippen molar-refractivity contribution in [3.8, 4) is 11.5 Å². The van der Waals surface area contributed by atoms with Gasteiger partial charge in [0.1, 0.15) is 0 Å². The van der Waals surface area contributed by atoms with Crippen molar-refractivity contribution < 1.29 is 9.47 Å². The van der Waals surface area contributed by atoms with Crippen LogP contribution in [-0.2, 0) is 0 Å². The fourth-order valence-corrected chi connectivity index (χ4v) is 4.09. The fraction of sp³-hybridized carbons (Fsp3) is 0.150. The van der Waals surface area contributed by atoms with E-state index in [9.17, 15) is 0 Å². The third kappa shape index (κ3) is 2.57. The zero-order valence-corrected chi connectivity index (χ0v) is 14.3. The lowest BCUT2D eigenvalue weighted by Crippen LogP contribution is -2.17. The molecule has 5 rings (SSSR count). The normalized spacial score (nSPS) is 18.5. The van der Waals surface area contributed by atoms with Gasteiger partial charge in [0.25, 0.3) is 0 Å². The number of hydrazone groups is 1. The molecule has 25 heavy (non-hydrogen) atoms. The molecule has 124 valence electrons. The van der Waals surface area contributed by atoms with Crippen molar-refractivity contribution in [2.75, 3.05) is 11.8 Å². The van der Waals surface area contributed by atoms with Crippen molar-refractivity contribution in [2.45, 2.75) is 12.5 Å². The average Bonchev–Trinajstić information content (AvgIpc) is 3.40. The number of fused-ring (bicyclic) bond motifs is 1. The van der Waals surface area contributed by atoms with Crippen LogP contribution in [0.1, 0.15) is 22.9 Å². The molecule has 0 N–H and O–H groups in total. The first kappa shape index (κ1) is 14.5. The SMILES string of the molecule is c1ccc(N2N=C(c3ccc4c(c3)OCO4)C[C@H]2c2cccs2)cc1. The van der Waals surface area contributed by atoms with Gasteiger partial charge in [-0.15, -0.1) is 11.3 Å². The van der Waals surface area contributed by atoms with Crippen molar-refractivity contribution >= 4 is 22.7 Å². The summed E-state index contributed by atoms with van der Waals surface area (Å²) >= 11 is 1.78. The quantitative estimate of drug-likeness (QED) is 0.680. The molecule has 3 aromatic rings. The third-order valence-electron chi connectivity index (χ3n) is 4.51. The first-order valence-electron chi connectivity index (χ1n) is 8.24. The summed E-state index contributed by atoms with van der Waals surface area (Å²) in [5, 5.41) is 9.20. The number of para-hydroxylation sites is 1. The van der Waals surface area contributed by atoms with Crippen LogP contribution in [0, 0.1) is 0 Å². The van der Waals surface area contributed by atoms with Gasteiger partial charge in [0, 0.05) is 16.9 Å². The van der Waals surface area contributed by atoms with Gasteiger partial charge in [-0.1, -0.05) is 24.3 Å². The molecule has 0 bridgehead atoms. The van der Waals surface area contributed by atoms with Crippen molar-refractivity contribution in [2.24, 2.45) is 5.10 Å². The number of thiophene rings is 1. The number of ether oxygens (including phenoxy) is 2. The second-order valence-corrected chi connectivity index (χ2v) is 7.01. The van der Waals surface area contributed by atoms with Crippen LogP contribution < -0.4 is 14.5 Å². The lowest BCUT2D eigenvalue weighted by Gasteiger charge is -2.22. The second-order valence-electron chi connectivity index (χ2n) is 6.03. The van der Waals surface area contributed by atoms with Crippen molar-refractivity contribution in [1.29, 1.82) is 0 Å². The Morgan fingerprint density at radius 2 is 1.84 bits per heavy atom. The van der Waals surface area contributed by atoms with Gasteiger partial charge in [-0.2, -0.15) is 5.10 Å². The summed E-state index contributed by atoms with van der Waals surface area (Å²) in [5.74, 6) is 1.60. The maximum Gasteiger partial charge on any atom is 0.231 e. The van der Waals surface area contributed by atoms with Crippen LogP contribution in [0.25, 0.3) is 0 Å². The second kappa shape index (κ2) is 5.93. The molecule has 0 spiro atoms. The van der Waals surface area contributed by atoms with E-state index < -0.39 is 0 Å².